The van der Waals surface area contributed by atoms with Crippen LogP contribution in [-0.2, 0) is 0 Å². The first-order valence-electron chi connectivity index (χ1n) is 6.98. The van der Waals surface area contributed by atoms with Gasteiger partial charge in [0.15, 0.2) is 0 Å². The maximum Gasteiger partial charge on any atom is 0.311 e. The maximum atomic E-state index is 10.8. The number of nitrogens with two attached hydrogens (primary N) is 1. The Labute approximate surface area is 117 Å². The van der Waals surface area contributed by atoms with Crippen LogP contribution in [0.4, 0.5) is 17.3 Å². The molecule has 0 amide bonds. The van der Waals surface area contributed by atoms with Crippen LogP contribution in [0, 0.1) is 10.1 Å². The molecule has 2 N–H and O–H groups in total. The van der Waals surface area contributed by atoms with E-state index in [-0.39, 0.29) is 11.5 Å². The number of nitrogen functional groups attached to an aromatic ring is 1. The summed E-state index contributed by atoms with van der Waals surface area (Å²) >= 11 is 0. The van der Waals surface area contributed by atoms with Crippen molar-refractivity contribution >= 4 is 17.3 Å². The first-order valence-corrected chi connectivity index (χ1v) is 6.98. The summed E-state index contributed by atoms with van der Waals surface area (Å²) in [6.07, 6.45) is 2.47. The van der Waals surface area contributed by atoms with Crippen molar-refractivity contribution in [2.75, 3.05) is 30.3 Å². The molecule has 2 aliphatic rings. The molecule has 2 aliphatic heterocycles. The third-order valence-electron chi connectivity index (χ3n) is 4.32. The molecule has 1 aromatic heterocycles. The van der Waals surface area contributed by atoms with Gasteiger partial charge in [-0.2, -0.15) is 0 Å². The Balaban J connectivity index is 1.85. The smallest absolute Gasteiger partial charge is 0.311 e. The zero-order chi connectivity index (χ0) is 14.3. The maximum absolute atomic E-state index is 10.8. The predicted octanol–water partition coefficient (Wildman–Crippen LogP) is 1.24. The molecule has 0 bridgehead atoms. The number of nitrogens with zero attached hydrogens (tertiary/aromatic N) is 4. The van der Waals surface area contributed by atoms with E-state index in [0.717, 1.165) is 18.9 Å². The highest BCUT2D eigenvalue weighted by atomic mass is 16.6. The summed E-state index contributed by atoms with van der Waals surface area (Å²) in [6, 6.07) is 4.07. The number of piperazine rings is 1. The molecule has 0 saturated carbocycles. The molecule has 1 aromatic rings. The van der Waals surface area contributed by atoms with Gasteiger partial charge in [0, 0.05) is 31.2 Å². The molecule has 7 heteroatoms. The highest BCUT2D eigenvalue weighted by Crippen LogP contribution is 2.29. The Hall–Kier alpha value is -1.89. The minimum Gasteiger partial charge on any atom is -0.378 e. The van der Waals surface area contributed by atoms with E-state index in [1.807, 2.05) is 0 Å². The lowest BCUT2D eigenvalue weighted by molar-refractivity contribution is -0.384. The summed E-state index contributed by atoms with van der Waals surface area (Å²) in [6.45, 7) is 5.28. The standard InChI is InChI=1S/C13H19N5O2/c1-9-7-16-6-2-3-10(16)8-17(9)12-5-4-11(18(19)20)13(14)15-12/h4-5,9-10H,2-3,6-8H2,1H3,(H2,14,15). The number of hydrogen-bond acceptors (Lipinski definition) is 6. The average molecular weight is 277 g/mol. The van der Waals surface area contributed by atoms with E-state index in [0.29, 0.717) is 12.1 Å². The molecule has 2 fully saturated rings. The van der Waals surface area contributed by atoms with Crippen molar-refractivity contribution in [1.82, 2.24) is 9.88 Å². The Morgan fingerprint density at radius 2 is 2.25 bits per heavy atom. The van der Waals surface area contributed by atoms with Crippen LogP contribution in [0.15, 0.2) is 12.1 Å². The molecule has 20 heavy (non-hydrogen) atoms. The van der Waals surface area contributed by atoms with Gasteiger partial charge in [-0.25, -0.2) is 4.98 Å². The molecule has 7 nitrogen and oxygen atoms in total. The lowest BCUT2D eigenvalue weighted by atomic mass is 10.1. The molecule has 2 unspecified atom stereocenters. The molecular formula is C13H19N5O2. The summed E-state index contributed by atoms with van der Waals surface area (Å²) in [4.78, 5) is 19.3. The first-order chi connectivity index (χ1) is 9.56. The van der Waals surface area contributed by atoms with Crippen LogP contribution in [0.2, 0.25) is 0 Å². The Bertz CT molecular complexity index is 535. The number of anilines is 2. The third-order valence-corrected chi connectivity index (χ3v) is 4.32. The molecule has 108 valence electrons. The van der Waals surface area contributed by atoms with E-state index in [1.54, 1.807) is 6.07 Å². The molecule has 0 aromatic carbocycles. The van der Waals surface area contributed by atoms with Gasteiger partial charge in [0.25, 0.3) is 0 Å². The third kappa shape index (κ3) is 2.18. The van der Waals surface area contributed by atoms with Gasteiger partial charge < -0.3 is 10.6 Å². The minimum absolute atomic E-state index is 0.00597. The van der Waals surface area contributed by atoms with Crippen molar-refractivity contribution in [3.63, 3.8) is 0 Å². The van der Waals surface area contributed by atoms with E-state index in [4.69, 9.17) is 5.73 Å². The lowest BCUT2D eigenvalue weighted by Gasteiger charge is -2.43. The van der Waals surface area contributed by atoms with Crippen molar-refractivity contribution in [3.05, 3.63) is 22.2 Å². The van der Waals surface area contributed by atoms with E-state index in [1.165, 1.54) is 25.5 Å². The normalized spacial score (nSPS) is 26.6. The van der Waals surface area contributed by atoms with Crippen molar-refractivity contribution in [2.24, 2.45) is 0 Å². The number of hydrogen-bond donors (Lipinski definition) is 1. The Kier molecular flexibility index (Phi) is 3.21. The van der Waals surface area contributed by atoms with E-state index in [2.05, 4.69) is 21.7 Å². The predicted molar refractivity (Wildman–Crippen MR) is 76.7 cm³/mol. The van der Waals surface area contributed by atoms with Gasteiger partial charge in [-0.15, -0.1) is 0 Å². The quantitative estimate of drug-likeness (QED) is 0.646. The van der Waals surface area contributed by atoms with Gasteiger partial charge in [0.2, 0.25) is 5.82 Å². The summed E-state index contributed by atoms with van der Waals surface area (Å²) in [5, 5.41) is 10.8. The van der Waals surface area contributed by atoms with Gasteiger partial charge >= 0.3 is 5.69 Å². The molecular weight excluding hydrogens is 258 g/mol. The fourth-order valence-corrected chi connectivity index (χ4v) is 3.28. The second kappa shape index (κ2) is 4.90. The molecule has 2 saturated heterocycles. The Morgan fingerprint density at radius 3 is 2.95 bits per heavy atom. The van der Waals surface area contributed by atoms with Gasteiger partial charge in [-0.1, -0.05) is 0 Å². The van der Waals surface area contributed by atoms with Crippen LogP contribution < -0.4 is 10.6 Å². The number of pyridine rings is 1. The largest absolute Gasteiger partial charge is 0.378 e. The summed E-state index contributed by atoms with van der Waals surface area (Å²) in [5.41, 5.74) is 5.57. The zero-order valence-corrected chi connectivity index (χ0v) is 11.5. The molecule has 0 aliphatic carbocycles. The van der Waals surface area contributed by atoms with Gasteiger partial charge in [0.05, 0.1) is 4.92 Å². The van der Waals surface area contributed by atoms with Crippen LogP contribution in [-0.4, -0.2) is 46.5 Å². The first kappa shape index (κ1) is 13.1. The summed E-state index contributed by atoms with van der Waals surface area (Å²) in [7, 11) is 0. The minimum atomic E-state index is -0.496. The highest BCUT2D eigenvalue weighted by molar-refractivity contribution is 5.58. The molecule has 3 heterocycles. The van der Waals surface area contributed by atoms with Crippen LogP contribution in [0.5, 0.6) is 0 Å². The van der Waals surface area contributed by atoms with Crippen molar-refractivity contribution in [1.29, 1.82) is 0 Å². The van der Waals surface area contributed by atoms with Crippen molar-refractivity contribution in [3.8, 4) is 0 Å². The van der Waals surface area contributed by atoms with E-state index < -0.39 is 4.92 Å². The fourth-order valence-electron chi connectivity index (χ4n) is 3.28. The van der Waals surface area contributed by atoms with E-state index >= 15 is 0 Å². The van der Waals surface area contributed by atoms with Crippen molar-refractivity contribution < 1.29 is 4.92 Å². The van der Waals surface area contributed by atoms with Crippen LogP contribution in [0.1, 0.15) is 19.8 Å². The summed E-state index contributed by atoms with van der Waals surface area (Å²) in [5.74, 6) is 0.737. The average Bonchev–Trinajstić information content (AvgIpc) is 2.84. The molecule has 0 radical (unpaired) electrons. The lowest BCUT2D eigenvalue weighted by Crippen LogP contribution is -2.55. The number of fused-ring (bicyclic) bond motifs is 1. The van der Waals surface area contributed by atoms with Gasteiger partial charge in [-0.05, 0) is 32.4 Å². The van der Waals surface area contributed by atoms with Crippen LogP contribution in [0.3, 0.4) is 0 Å². The van der Waals surface area contributed by atoms with Crippen LogP contribution in [0.25, 0.3) is 0 Å². The number of rotatable bonds is 2. The monoisotopic (exact) mass is 277 g/mol. The number of nitro groups is 1. The second-order valence-corrected chi connectivity index (χ2v) is 5.62. The Morgan fingerprint density at radius 1 is 1.45 bits per heavy atom. The van der Waals surface area contributed by atoms with Crippen LogP contribution >= 0.6 is 0 Å². The topological polar surface area (TPSA) is 88.5 Å². The SMILES string of the molecule is CC1CN2CCCC2CN1c1ccc([N+](=O)[O-])c(N)n1. The highest BCUT2D eigenvalue weighted by Gasteiger charge is 2.35. The fraction of sp³-hybridized carbons (Fsp3) is 0.615. The molecule has 2 atom stereocenters. The van der Waals surface area contributed by atoms with Crippen molar-refractivity contribution in [2.45, 2.75) is 31.8 Å². The number of aromatic nitrogens is 1. The van der Waals surface area contributed by atoms with Gasteiger partial charge in [-0.3, -0.25) is 15.0 Å². The summed E-state index contributed by atoms with van der Waals surface area (Å²) < 4.78 is 0. The molecule has 0 spiro atoms. The molecule has 3 rings (SSSR count). The second-order valence-electron chi connectivity index (χ2n) is 5.62. The van der Waals surface area contributed by atoms with E-state index in [9.17, 15) is 10.1 Å². The van der Waals surface area contributed by atoms with Gasteiger partial charge in [0.1, 0.15) is 5.82 Å². The zero-order valence-electron chi connectivity index (χ0n) is 11.5.